The smallest absolute Gasteiger partial charge is 0.270 e. The largest absolute Gasteiger partial charge is 0.489 e. The molecular weight excluding hydrogens is 330 g/mol. The highest BCUT2D eigenvalue weighted by molar-refractivity contribution is 5.51. The van der Waals surface area contributed by atoms with Crippen LogP contribution in [0.1, 0.15) is 11.1 Å². The lowest BCUT2D eigenvalue weighted by molar-refractivity contribution is -0.385. The molecule has 2 aliphatic rings. The van der Waals surface area contributed by atoms with Gasteiger partial charge in [-0.25, -0.2) is 0 Å². The molecule has 0 spiro atoms. The van der Waals surface area contributed by atoms with Crippen LogP contribution >= 0.6 is 0 Å². The molecule has 8 heteroatoms. The standard InChI is InChI=1S/C17H15NO7/c19-18(20)13-5-11-8-21-10-25-17(11)12(6-13)9-24-14-1-2-15-16(7-14)23-4-3-22-15/h1-2,5-7H,3-4,8-10H2. The molecular formula is C17H15NO7. The number of nitro benzene ring substituents is 1. The zero-order valence-electron chi connectivity index (χ0n) is 13.2. The summed E-state index contributed by atoms with van der Waals surface area (Å²) in [7, 11) is 0. The minimum atomic E-state index is -0.442. The fourth-order valence-electron chi connectivity index (χ4n) is 2.77. The van der Waals surface area contributed by atoms with Gasteiger partial charge < -0.3 is 23.7 Å². The molecule has 0 unspecified atom stereocenters. The number of nitrogens with zero attached hydrogens (tertiary/aromatic N) is 1. The van der Waals surface area contributed by atoms with Gasteiger partial charge in [-0.15, -0.1) is 0 Å². The van der Waals surface area contributed by atoms with Gasteiger partial charge in [0.2, 0.25) is 0 Å². The first kappa shape index (κ1) is 15.5. The molecule has 2 aromatic rings. The van der Waals surface area contributed by atoms with Crippen molar-refractivity contribution < 1.29 is 28.6 Å². The molecule has 2 aromatic carbocycles. The van der Waals surface area contributed by atoms with E-state index in [1.807, 2.05) is 0 Å². The summed E-state index contributed by atoms with van der Waals surface area (Å²) < 4.78 is 27.5. The van der Waals surface area contributed by atoms with E-state index < -0.39 is 4.92 Å². The lowest BCUT2D eigenvalue weighted by Crippen LogP contribution is -2.15. The number of rotatable bonds is 4. The van der Waals surface area contributed by atoms with Crippen LogP contribution in [0.15, 0.2) is 30.3 Å². The summed E-state index contributed by atoms with van der Waals surface area (Å²) in [5.41, 5.74) is 1.22. The average molecular weight is 345 g/mol. The summed E-state index contributed by atoms with van der Waals surface area (Å²) in [5, 5.41) is 11.1. The first-order chi connectivity index (χ1) is 12.2. The van der Waals surface area contributed by atoms with Crippen molar-refractivity contribution in [3.05, 3.63) is 51.6 Å². The highest BCUT2D eigenvalue weighted by Crippen LogP contribution is 2.36. The SMILES string of the molecule is O=[N+]([O-])c1cc2c(c(COc3ccc4c(c3)OCCO4)c1)OCOC2. The molecule has 0 amide bonds. The lowest BCUT2D eigenvalue weighted by atomic mass is 10.1. The molecule has 0 N–H and O–H groups in total. The fourth-order valence-corrected chi connectivity index (χ4v) is 2.77. The summed E-state index contributed by atoms with van der Waals surface area (Å²) in [4.78, 5) is 10.7. The van der Waals surface area contributed by atoms with Crippen LogP contribution in [0.2, 0.25) is 0 Å². The number of nitro groups is 1. The Morgan fingerprint density at radius 1 is 1.08 bits per heavy atom. The van der Waals surface area contributed by atoms with Crippen molar-refractivity contribution in [1.29, 1.82) is 0 Å². The van der Waals surface area contributed by atoms with Crippen molar-refractivity contribution in [2.75, 3.05) is 20.0 Å². The van der Waals surface area contributed by atoms with Gasteiger partial charge in [-0.05, 0) is 12.1 Å². The minimum absolute atomic E-state index is 0.0198. The predicted octanol–water partition coefficient (Wildman–Crippen LogP) is 2.81. The third kappa shape index (κ3) is 3.16. The van der Waals surface area contributed by atoms with Crippen LogP contribution in [-0.2, 0) is 18.0 Å². The number of benzene rings is 2. The topological polar surface area (TPSA) is 89.3 Å². The third-order valence-electron chi connectivity index (χ3n) is 3.89. The van der Waals surface area contributed by atoms with Gasteiger partial charge in [-0.2, -0.15) is 0 Å². The van der Waals surface area contributed by atoms with E-state index in [1.54, 1.807) is 18.2 Å². The second kappa shape index (κ2) is 6.48. The Kier molecular flexibility index (Phi) is 4.02. The van der Waals surface area contributed by atoms with Crippen LogP contribution < -0.4 is 18.9 Å². The van der Waals surface area contributed by atoms with E-state index >= 15 is 0 Å². The van der Waals surface area contributed by atoms with Crippen molar-refractivity contribution in [2.24, 2.45) is 0 Å². The number of hydrogen-bond acceptors (Lipinski definition) is 7. The van der Waals surface area contributed by atoms with Gasteiger partial charge in [-0.1, -0.05) is 0 Å². The van der Waals surface area contributed by atoms with Crippen LogP contribution in [-0.4, -0.2) is 24.9 Å². The van der Waals surface area contributed by atoms with E-state index in [1.165, 1.54) is 12.1 Å². The van der Waals surface area contributed by atoms with E-state index in [4.69, 9.17) is 23.7 Å². The van der Waals surface area contributed by atoms with Crippen molar-refractivity contribution in [2.45, 2.75) is 13.2 Å². The molecule has 2 heterocycles. The van der Waals surface area contributed by atoms with Crippen LogP contribution in [0.25, 0.3) is 0 Å². The quantitative estimate of drug-likeness (QED) is 0.622. The van der Waals surface area contributed by atoms with Crippen molar-refractivity contribution in [3.8, 4) is 23.0 Å². The summed E-state index contributed by atoms with van der Waals surface area (Å²) in [6.07, 6.45) is 0. The van der Waals surface area contributed by atoms with Gasteiger partial charge in [0.15, 0.2) is 18.3 Å². The molecule has 0 bridgehead atoms. The molecule has 0 aliphatic carbocycles. The Morgan fingerprint density at radius 2 is 1.92 bits per heavy atom. The Balaban J connectivity index is 1.58. The molecule has 0 saturated carbocycles. The van der Waals surface area contributed by atoms with Crippen LogP contribution in [0, 0.1) is 10.1 Å². The lowest BCUT2D eigenvalue weighted by Gasteiger charge is -2.21. The number of hydrogen-bond donors (Lipinski definition) is 0. The second-order valence-corrected chi connectivity index (χ2v) is 5.56. The maximum Gasteiger partial charge on any atom is 0.270 e. The number of fused-ring (bicyclic) bond motifs is 2. The molecule has 0 radical (unpaired) electrons. The summed E-state index contributed by atoms with van der Waals surface area (Å²) in [6, 6.07) is 8.20. The highest BCUT2D eigenvalue weighted by Gasteiger charge is 2.21. The Morgan fingerprint density at radius 3 is 2.76 bits per heavy atom. The summed E-state index contributed by atoms with van der Waals surface area (Å²) in [5.74, 6) is 2.45. The maximum absolute atomic E-state index is 11.1. The van der Waals surface area contributed by atoms with Crippen molar-refractivity contribution in [3.63, 3.8) is 0 Å². The summed E-state index contributed by atoms with van der Waals surface area (Å²) >= 11 is 0. The van der Waals surface area contributed by atoms with E-state index in [0.717, 1.165) is 0 Å². The molecule has 8 nitrogen and oxygen atoms in total. The molecule has 2 aliphatic heterocycles. The van der Waals surface area contributed by atoms with Gasteiger partial charge in [-0.3, -0.25) is 10.1 Å². The monoisotopic (exact) mass is 345 g/mol. The van der Waals surface area contributed by atoms with Gasteiger partial charge in [0.25, 0.3) is 5.69 Å². The highest BCUT2D eigenvalue weighted by atomic mass is 16.7. The normalized spacial score (nSPS) is 15.0. The Labute approximate surface area is 143 Å². The van der Waals surface area contributed by atoms with Crippen LogP contribution in [0.3, 0.4) is 0 Å². The van der Waals surface area contributed by atoms with Gasteiger partial charge in [0.1, 0.15) is 31.3 Å². The molecule has 130 valence electrons. The van der Waals surface area contributed by atoms with Gasteiger partial charge in [0, 0.05) is 29.3 Å². The maximum atomic E-state index is 11.1. The first-order valence-electron chi connectivity index (χ1n) is 7.74. The zero-order chi connectivity index (χ0) is 17.2. The number of ether oxygens (including phenoxy) is 5. The Hall–Kier alpha value is -3.00. The van der Waals surface area contributed by atoms with E-state index in [-0.39, 0.29) is 25.7 Å². The van der Waals surface area contributed by atoms with E-state index in [2.05, 4.69) is 0 Å². The average Bonchev–Trinajstić information content (AvgIpc) is 2.65. The second-order valence-electron chi connectivity index (χ2n) is 5.56. The molecule has 0 fully saturated rings. The zero-order valence-corrected chi connectivity index (χ0v) is 13.2. The fraction of sp³-hybridized carbons (Fsp3) is 0.294. The van der Waals surface area contributed by atoms with Crippen molar-refractivity contribution >= 4 is 5.69 Å². The van der Waals surface area contributed by atoms with E-state index in [0.29, 0.717) is 47.3 Å². The first-order valence-corrected chi connectivity index (χ1v) is 7.74. The molecule has 0 saturated heterocycles. The van der Waals surface area contributed by atoms with Crippen LogP contribution in [0.4, 0.5) is 5.69 Å². The van der Waals surface area contributed by atoms with E-state index in [9.17, 15) is 10.1 Å². The minimum Gasteiger partial charge on any atom is -0.489 e. The molecule has 4 rings (SSSR count). The molecule has 0 atom stereocenters. The van der Waals surface area contributed by atoms with Crippen LogP contribution in [0.5, 0.6) is 23.0 Å². The Bertz CT molecular complexity index is 821. The number of non-ortho nitro benzene ring substituents is 1. The third-order valence-corrected chi connectivity index (χ3v) is 3.89. The predicted molar refractivity (Wildman–Crippen MR) is 85.1 cm³/mol. The summed E-state index contributed by atoms with van der Waals surface area (Å²) in [6.45, 7) is 1.52. The van der Waals surface area contributed by atoms with Crippen molar-refractivity contribution in [1.82, 2.24) is 0 Å². The van der Waals surface area contributed by atoms with Gasteiger partial charge >= 0.3 is 0 Å². The molecule has 25 heavy (non-hydrogen) atoms. The molecule has 0 aromatic heterocycles. The van der Waals surface area contributed by atoms with Gasteiger partial charge in [0.05, 0.1) is 11.5 Å².